The molecule has 1 amide bonds. The van der Waals surface area contributed by atoms with Crippen molar-refractivity contribution in [2.75, 3.05) is 20.3 Å². The minimum atomic E-state index is -0.959. The van der Waals surface area contributed by atoms with Gasteiger partial charge in [-0.1, -0.05) is 0 Å². The molecule has 1 rings (SSSR count). The van der Waals surface area contributed by atoms with Crippen molar-refractivity contribution < 1.29 is 19.1 Å². The van der Waals surface area contributed by atoms with E-state index in [4.69, 9.17) is 9.47 Å². The summed E-state index contributed by atoms with van der Waals surface area (Å²) in [5, 5.41) is 0. The Kier molecular flexibility index (Phi) is 4.51. The predicted molar refractivity (Wildman–Crippen MR) is 62.5 cm³/mol. The molecule has 1 saturated heterocycles. The van der Waals surface area contributed by atoms with Crippen molar-refractivity contribution in [2.45, 2.75) is 45.3 Å². The van der Waals surface area contributed by atoms with E-state index in [1.807, 2.05) is 0 Å². The van der Waals surface area contributed by atoms with Crippen molar-refractivity contribution >= 4 is 11.9 Å². The summed E-state index contributed by atoms with van der Waals surface area (Å²) in [5.74, 6) is -0.547. The zero-order chi connectivity index (χ0) is 13.1. The van der Waals surface area contributed by atoms with Gasteiger partial charge in [0.1, 0.15) is 11.6 Å². The Balaban J connectivity index is 2.69. The number of amides is 1. The molecule has 0 bridgehead atoms. The van der Waals surface area contributed by atoms with E-state index in [1.54, 1.807) is 27.8 Å². The molecule has 1 aliphatic rings. The monoisotopic (exact) mass is 243 g/mol. The largest absolute Gasteiger partial charge is 0.464 e. The van der Waals surface area contributed by atoms with Crippen LogP contribution in [-0.4, -0.2) is 48.7 Å². The number of carbonyl (C=O) groups is 2. The van der Waals surface area contributed by atoms with Crippen molar-refractivity contribution in [1.82, 2.24) is 4.90 Å². The standard InChI is InChI=1S/C12H21NO4/c1-5-16-11(15)12(2,3)13(4)10(14)9-7-6-8-17-9/h9H,5-8H2,1-4H3. The molecule has 1 unspecified atom stereocenters. The maximum absolute atomic E-state index is 12.1. The Morgan fingerprint density at radius 1 is 1.47 bits per heavy atom. The minimum absolute atomic E-state index is 0.152. The number of nitrogens with zero attached hydrogens (tertiary/aromatic N) is 1. The fourth-order valence-corrected chi connectivity index (χ4v) is 1.71. The van der Waals surface area contributed by atoms with Crippen LogP contribution in [0.5, 0.6) is 0 Å². The van der Waals surface area contributed by atoms with E-state index < -0.39 is 17.6 Å². The molecule has 1 heterocycles. The van der Waals surface area contributed by atoms with Crippen LogP contribution in [0.25, 0.3) is 0 Å². The molecule has 1 aliphatic heterocycles. The summed E-state index contributed by atoms with van der Waals surface area (Å²) < 4.78 is 10.3. The highest BCUT2D eigenvalue weighted by atomic mass is 16.5. The third kappa shape index (κ3) is 2.97. The molecular weight excluding hydrogens is 222 g/mol. The van der Waals surface area contributed by atoms with Gasteiger partial charge in [-0.15, -0.1) is 0 Å². The fraction of sp³-hybridized carbons (Fsp3) is 0.833. The molecule has 0 aromatic carbocycles. The van der Waals surface area contributed by atoms with E-state index in [1.165, 1.54) is 4.90 Å². The van der Waals surface area contributed by atoms with Crippen LogP contribution in [0.1, 0.15) is 33.6 Å². The molecule has 1 atom stereocenters. The van der Waals surface area contributed by atoms with Crippen LogP contribution >= 0.6 is 0 Å². The molecule has 1 fully saturated rings. The summed E-state index contributed by atoms with van der Waals surface area (Å²) in [6.45, 7) is 6.03. The number of hydrogen-bond acceptors (Lipinski definition) is 4. The first-order valence-electron chi connectivity index (χ1n) is 5.97. The summed E-state index contributed by atoms with van der Waals surface area (Å²) in [5.41, 5.74) is -0.959. The molecule has 0 N–H and O–H groups in total. The van der Waals surface area contributed by atoms with E-state index in [0.717, 1.165) is 12.8 Å². The van der Waals surface area contributed by atoms with Crippen molar-refractivity contribution in [3.63, 3.8) is 0 Å². The van der Waals surface area contributed by atoms with Gasteiger partial charge in [-0.05, 0) is 33.6 Å². The Bertz CT molecular complexity index is 295. The normalized spacial score (nSPS) is 20.1. The number of likely N-dealkylation sites (N-methyl/N-ethyl adjacent to an activating group) is 1. The number of carbonyl (C=O) groups excluding carboxylic acids is 2. The van der Waals surface area contributed by atoms with Gasteiger partial charge in [-0.2, -0.15) is 0 Å². The topological polar surface area (TPSA) is 55.8 Å². The average molecular weight is 243 g/mol. The zero-order valence-electron chi connectivity index (χ0n) is 11.0. The molecule has 5 heteroatoms. The first kappa shape index (κ1) is 14.0. The van der Waals surface area contributed by atoms with E-state index in [9.17, 15) is 9.59 Å². The first-order valence-corrected chi connectivity index (χ1v) is 5.97. The van der Waals surface area contributed by atoms with Gasteiger partial charge in [0.25, 0.3) is 5.91 Å². The van der Waals surface area contributed by atoms with E-state index in [-0.39, 0.29) is 5.91 Å². The van der Waals surface area contributed by atoms with Crippen molar-refractivity contribution in [2.24, 2.45) is 0 Å². The Hall–Kier alpha value is -1.10. The smallest absolute Gasteiger partial charge is 0.331 e. The second-order valence-corrected chi connectivity index (χ2v) is 4.68. The Morgan fingerprint density at radius 2 is 2.12 bits per heavy atom. The van der Waals surface area contributed by atoms with Crippen LogP contribution < -0.4 is 0 Å². The van der Waals surface area contributed by atoms with Gasteiger partial charge >= 0.3 is 5.97 Å². The predicted octanol–water partition coefficient (Wildman–Crippen LogP) is 0.965. The number of esters is 1. The van der Waals surface area contributed by atoms with Gasteiger partial charge in [0.05, 0.1) is 6.61 Å². The molecule has 98 valence electrons. The van der Waals surface area contributed by atoms with E-state index in [0.29, 0.717) is 13.2 Å². The Morgan fingerprint density at radius 3 is 2.59 bits per heavy atom. The molecule has 0 aromatic heterocycles. The lowest BCUT2D eigenvalue weighted by atomic mass is 10.0. The third-order valence-corrected chi connectivity index (χ3v) is 3.15. The molecular formula is C12H21NO4. The van der Waals surface area contributed by atoms with Crippen LogP contribution in [0.15, 0.2) is 0 Å². The van der Waals surface area contributed by atoms with Crippen LogP contribution in [0.2, 0.25) is 0 Å². The highest BCUT2D eigenvalue weighted by molar-refractivity contribution is 5.89. The van der Waals surface area contributed by atoms with Crippen LogP contribution in [0.3, 0.4) is 0 Å². The second-order valence-electron chi connectivity index (χ2n) is 4.68. The SMILES string of the molecule is CCOC(=O)C(C)(C)N(C)C(=O)C1CCCO1. The molecule has 0 radical (unpaired) electrons. The van der Waals surface area contributed by atoms with Crippen LogP contribution in [0.4, 0.5) is 0 Å². The van der Waals surface area contributed by atoms with Crippen LogP contribution in [0, 0.1) is 0 Å². The lowest BCUT2D eigenvalue weighted by molar-refractivity contribution is -0.163. The van der Waals surface area contributed by atoms with Crippen LogP contribution in [-0.2, 0) is 19.1 Å². The maximum Gasteiger partial charge on any atom is 0.331 e. The van der Waals surface area contributed by atoms with Gasteiger partial charge < -0.3 is 14.4 Å². The lowest BCUT2D eigenvalue weighted by Gasteiger charge is -2.34. The molecule has 0 saturated carbocycles. The highest BCUT2D eigenvalue weighted by Gasteiger charge is 2.40. The average Bonchev–Trinajstić information content (AvgIpc) is 2.80. The summed E-state index contributed by atoms with van der Waals surface area (Å²) >= 11 is 0. The van der Waals surface area contributed by atoms with Gasteiger partial charge in [0.2, 0.25) is 0 Å². The first-order chi connectivity index (χ1) is 7.91. The van der Waals surface area contributed by atoms with Gasteiger partial charge in [-0.25, -0.2) is 4.79 Å². The Labute approximate surface area is 102 Å². The highest BCUT2D eigenvalue weighted by Crippen LogP contribution is 2.20. The maximum atomic E-state index is 12.1. The summed E-state index contributed by atoms with van der Waals surface area (Å²) in [6.07, 6.45) is 1.21. The van der Waals surface area contributed by atoms with Gasteiger partial charge in [0.15, 0.2) is 0 Å². The summed E-state index contributed by atoms with van der Waals surface area (Å²) in [7, 11) is 1.61. The quantitative estimate of drug-likeness (QED) is 0.690. The summed E-state index contributed by atoms with van der Waals surface area (Å²) in [6, 6.07) is 0. The fourth-order valence-electron chi connectivity index (χ4n) is 1.71. The van der Waals surface area contributed by atoms with Crippen molar-refractivity contribution in [1.29, 1.82) is 0 Å². The minimum Gasteiger partial charge on any atom is -0.464 e. The van der Waals surface area contributed by atoms with Crippen molar-refractivity contribution in [3.8, 4) is 0 Å². The van der Waals surface area contributed by atoms with E-state index >= 15 is 0 Å². The summed E-state index contributed by atoms with van der Waals surface area (Å²) in [4.78, 5) is 25.3. The second kappa shape index (κ2) is 5.49. The third-order valence-electron chi connectivity index (χ3n) is 3.15. The molecule has 0 aliphatic carbocycles. The number of rotatable bonds is 4. The molecule has 17 heavy (non-hydrogen) atoms. The zero-order valence-corrected chi connectivity index (χ0v) is 11.0. The number of ether oxygens (including phenoxy) is 2. The molecule has 0 aromatic rings. The van der Waals surface area contributed by atoms with Gasteiger partial charge in [0, 0.05) is 13.7 Å². The van der Waals surface area contributed by atoms with Gasteiger partial charge in [-0.3, -0.25) is 4.79 Å². The lowest BCUT2D eigenvalue weighted by Crippen LogP contribution is -2.54. The molecule has 0 spiro atoms. The molecule has 5 nitrogen and oxygen atoms in total. The van der Waals surface area contributed by atoms with Crippen molar-refractivity contribution in [3.05, 3.63) is 0 Å². The van der Waals surface area contributed by atoms with E-state index in [2.05, 4.69) is 0 Å². The number of hydrogen-bond donors (Lipinski definition) is 0.